The molecule has 0 bridgehead atoms. The summed E-state index contributed by atoms with van der Waals surface area (Å²) in [4.78, 5) is 0. The molecule has 0 unspecified atom stereocenters. The van der Waals surface area contributed by atoms with E-state index in [1.165, 1.54) is 0 Å². The van der Waals surface area contributed by atoms with E-state index in [2.05, 4.69) is 302 Å². The summed E-state index contributed by atoms with van der Waals surface area (Å²) in [5, 5.41) is 0. The van der Waals surface area contributed by atoms with Gasteiger partial charge in [-0.25, -0.2) is 0 Å². The molecule has 726 valence electrons. The maximum atomic E-state index is 8.60. The molecular weight excluding hydrogens is 2290 g/mol. The first kappa shape index (κ1) is 183. The fourth-order valence-corrected chi connectivity index (χ4v) is 7.35. The third-order valence-corrected chi connectivity index (χ3v) is 14.7. The summed E-state index contributed by atoms with van der Waals surface area (Å²) >= 11 is -25.2. The SMILES string of the molecule is CC[O+](CC)CC.CC[O+](CC)CC.CC[O+](CC)CC.CC[O+](CC)CC.CC[O+](CC)CC.CC[O+](CC)CC.CC[O+](CC)CC.CC[O+](CC)CC.CC[O+](CC)CC.CC[O+](CC)CC.CC[O+](CC)CC.CC[O+](CC)CC.Cl.Cl.Cl.Cl.Cl.Cl.[O]=[Sb]([O-])[O-].[O]=[Sb]([O-])[O-].[O]=[Sb]([O-])[O-].[O]=[Sb]([O-])[O-].[O]=[Sb]([O-])[O-].[O]=[Sb]([O-])[O-]. The van der Waals surface area contributed by atoms with E-state index >= 15 is 0 Å². The zero-order valence-electron chi connectivity index (χ0n) is 78.8. The fourth-order valence-electron chi connectivity index (χ4n) is 7.35. The van der Waals surface area contributed by atoms with Crippen molar-refractivity contribution in [3.05, 3.63) is 0 Å². The first-order valence-corrected chi connectivity index (χ1v) is 57.9. The molecule has 0 aromatic rings. The van der Waals surface area contributed by atoms with Crippen LogP contribution in [0.15, 0.2) is 0 Å². The standard InChI is InChI=1S/12C6H15O.6ClH.18O.6Sb/c12*1-4-7(5-2)6-3;;;;;;;;;;;;;;;;;;;;;;;;;;;;;;/h12*4-6H2,1-3H3;6*1H;;;;;;;;;;;;;;;;;;;;;;;;/q12*+1;;;;;;;;;;;;;12*-1;;;;;;. The molecule has 0 atom stereocenters. The molecule has 0 saturated heterocycles. The number of hydrogen-bond donors (Lipinski definition) is 0. The molecule has 0 aromatic heterocycles. The van der Waals surface area contributed by atoms with Gasteiger partial charge in [0.05, 0.1) is 0 Å². The van der Waals surface area contributed by atoms with Crippen LogP contribution in [0.4, 0.5) is 0 Å². The first-order valence-electron chi connectivity index (χ1n) is 39.1. The van der Waals surface area contributed by atoms with Crippen molar-refractivity contribution in [3.8, 4) is 0 Å². The first-order chi connectivity index (χ1) is 50.5. The molecule has 42 heteroatoms. The Balaban J connectivity index is -0.0000000342. The van der Waals surface area contributed by atoms with Crippen molar-refractivity contribution in [1.29, 1.82) is 0 Å². The molecule has 6 radical (unpaired) electrons. The van der Waals surface area contributed by atoms with E-state index in [1.54, 1.807) is 0 Å². The fraction of sp³-hybridized carbons (Fsp3) is 1.00. The molecule has 0 spiro atoms. The molecular formula is C72H186Cl6O30Sb6. The van der Waals surface area contributed by atoms with Gasteiger partial charge in [0.15, 0.2) is 0 Å². The third-order valence-electron chi connectivity index (χ3n) is 14.7. The van der Waals surface area contributed by atoms with Gasteiger partial charge in [0.25, 0.3) is 0 Å². The Morgan fingerprint density at radius 2 is 0.132 bits per heavy atom. The van der Waals surface area contributed by atoms with Crippen molar-refractivity contribution >= 4 is 201 Å². The van der Waals surface area contributed by atoms with Crippen LogP contribution in [0.5, 0.6) is 0 Å². The van der Waals surface area contributed by atoms with Crippen LogP contribution in [0.1, 0.15) is 249 Å². The van der Waals surface area contributed by atoms with Gasteiger partial charge in [0.2, 0.25) is 0 Å². The van der Waals surface area contributed by atoms with Crippen molar-refractivity contribution in [2.45, 2.75) is 249 Å². The third kappa shape index (κ3) is 266. The summed E-state index contributed by atoms with van der Waals surface area (Å²) in [5.41, 5.74) is 0. The summed E-state index contributed by atoms with van der Waals surface area (Å²) in [6.45, 7) is 117. The van der Waals surface area contributed by atoms with Crippen molar-refractivity contribution < 1.29 is 111 Å². The van der Waals surface area contributed by atoms with Gasteiger partial charge >= 0.3 is 185 Å². The van der Waals surface area contributed by atoms with Crippen LogP contribution >= 0.6 is 74.4 Å². The molecule has 0 aliphatic rings. The normalized spacial score (nSPS) is 8.95. The number of hydrogen-bond acceptors (Lipinski definition) is 18. The molecule has 0 saturated carbocycles. The van der Waals surface area contributed by atoms with Gasteiger partial charge in [-0.1, -0.05) is 0 Å². The van der Waals surface area contributed by atoms with Crippen LogP contribution in [0, 0.1) is 0 Å². The quantitative estimate of drug-likeness (QED) is 0.0617. The van der Waals surface area contributed by atoms with E-state index in [-0.39, 0.29) is 74.4 Å². The zero-order valence-corrected chi connectivity index (χ0v) is 99.1. The average molecular weight is 2480 g/mol. The van der Waals surface area contributed by atoms with Gasteiger partial charge in [-0.05, 0) is 0 Å². The van der Waals surface area contributed by atoms with Gasteiger partial charge < -0.3 is 52.4 Å². The predicted octanol–water partition coefficient (Wildman–Crippen LogP) is 4.45. The summed E-state index contributed by atoms with van der Waals surface area (Å²) in [5.74, 6) is 0. The van der Waals surface area contributed by atoms with Gasteiger partial charge in [-0.2, -0.15) is 0 Å². The summed E-state index contributed by atoms with van der Waals surface area (Å²) in [7, 11) is 0. The Bertz CT molecular complexity index is 1100. The van der Waals surface area contributed by atoms with Crippen LogP contribution in [0.25, 0.3) is 0 Å². The molecule has 0 aliphatic heterocycles. The van der Waals surface area contributed by atoms with Crippen LogP contribution in [0.3, 0.4) is 0 Å². The summed E-state index contributed by atoms with van der Waals surface area (Å²) < 4.78 is 192. The zero-order chi connectivity index (χ0) is 89.8. The van der Waals surface area contributed by atoms with Crippen LogP contribution in [-0.2, 0) is 70.5 Å². The van der Waals surface area contributed by atoms with Gasteiger partial charge in [-0.3, -0.25) is 0 Å². The van der Waals surface area contributed by atoms with E-state index in [1.807, 2.05) is 0 Å². The second-order valence-corrected chi connectivity index (χ2v) is 26.7. The summed E-state index contributed by atoms with van der Waals surface area (Å²) in [6, 6.07) is 0. The molecule has 30 nitrogen and oxygen atoms in total. The number of halogens is 6. The maximum absolute atomic E-state index is 8.60. The Morgan fingerprint density at radius 1 is 0.114 bits per heavy atom. The molecule has 0 N–H and O–H groups in total. The van der Waals surface area contributed by atoms with E-state index in [0.29, 0.717) is 0 Å². The Labute approximate surface area is 790 Å². The van der Waals surface area contributed by atoms with Crippen LogP contribution in [0.2, 0.25) is 0 Å². The second kappa shape index (κ2) is 179. The molecule has 114 heavy (non-hydrogen) atoms. The summed E-state index contributed by atoms with van der Waals surface area (Å²) in [6.07, 6.45) is 0. The van der Waals surface area contributed by atoms with Crippen LogP contribution in [-0.4, -0.2) is 364 Å². The molecule has 0 aromatic carbocycles. The van der Waals surface area contributed by atoms with Crippen molar-refractivity contribution in [3.63, 3.8) is 0 Å². The molecule has 0 rings (SSSR count). The minimum atomic E-state index is -4.20. The van der Waals surface area contributed by atoms with Crippen molar-refractivity contribution in [2.24, 2.45) is 0 Å². The topological polar surface area (TPSA) is 412 Å². The second-order valence-electron chi connectivity index (χ2n) is 19.1. The van der Waals surface area contributed by atoms with Crippen LogP contribution < -0.4 is 40.6 Å². The molecule has 0 fully saturated rings. The van der Waals surface area contributed by atoms with Gasteiger partial charge in [0.1, 0.15) is 238 Å². The van der Waals surface area contributed by atoms with E-state index in [4.69, 9.17) is 58.7 Å². The minimum absolute atomic E-state index is 0. The Morgan fingerprint density at radius 3 is 0.132 bits per heavy atom. The molecule has 0 heterocycles. The molecule has 0 amide bonds. The van der Waals surface area contributed by atoms with Crippen molar-refractivity contribution in [1.82, 2.24) is 0 Å². The monoisotopic (exact) mass is 2470 g/mol. The molecule has 0 aliphatic carbocycles. The average Bonchev–Trinajstić information content (AvgIpc) is 1.46. The number of rotatable bonds is 36. The Kier molecular flexibility index (Phi) is 287. The van der Waals surface area contributed by atoms with Crippen molar-refractivity contribution in [2.75, 3.05) is 238 Å². The van der Waals surface area contributed by atoms with E-state index in [0.717, 1.165) is 238 Å². The van der Waals surface area contributed by atoms with E-state index in [9.17, 15) is 0 Å². The Hall–Kier alpha value is 4.49. The van der Waals surface area contributed by atoms with Gasteiger partial charge in [-0.15, -0.1) is 74.4 Å². The van der Waals surface area contributed by atoms with E-state index < -0.39 is 126 Å². The van der Waals surface area contributed by atoms with Gasteiger partial charge in [0, 0.05) is 249 Å². The predicted molar refractivity (Wildman–Crippen MR) is 475 cm³/mol.